The molecule has 1 amide bonds. The second-order valence-corrected chi connectivity index (χ2v) is 5.60. The highest BCUT2D eigenvalue weighted by molar-refractivity contribution is 7.12. The second kappa shape index (κ2) is 6.57. The minimum Gasteiger partial charge on any atom is -0.393 e. The number of aliphatic hydroxyl groups is 1. The highest BCUT2D eigenvalue weighted by Crippen LogP contribution is 2.16. The van der Waals surface area contributed by atoms with E-state index >= 15 is 0 Å². The zero-order valence-corrected chi connectivity index (χ0v) is 11.3. The summed E-state index contributed by atoms with van der Waals surface area (Å²) in [5, 5.41) is 12.0. The molecule has 2 N–H and O–H groups in total. The lowest BCUT2D eigenvalue weighted by atomic mass is 10.1. The zero-order valence-electron chi connectivity index (χ0n) is 10.4. The first-order chi connectivity index (χ1) is 7.97. The molecular formula is C13H19NO2S. The van der Waals surface area contributed by atoms with E-state index in [1.807, 2.05) is 32.1 Å². The third kappa shape index (κ3) is 5.65. The van der Waals surface area contributed by atoms with Crippen LogP contribution in [0.15, 0.2) is 18.2 Å². The largest absolute Gasteiger partial charge is 0.393 e. The van der Waals surface area contributed by atoms with Gasteiger partial charge in [0, 0.05) is 21.9 Å². The van der Waals surface area contributed by atoms with Crippen LogP contribution in [0.25, 0.3) is 6.08 Å². The standard InChI is InChI=1S/C13H19NO2S/c1-9(8-10(2)15)14-13(16)7-6-12-5-4-11(3)17-12/h4-7,9-10,15H,8H2,1-3H3,(H,14,16)/b7-6+. The predicted molar refractivity (Wildman–Crippen MR) is 72.0 cm³/mol. The highest BCUT2D eigenvalue weighted by atomic mass is 32.1. The zero-order chi connectivity index (χ0) is 12.8. The SMILES string of the molecule is Cc1ccc(/C=C/C(=O)NC(C)CC(C)O)s1. The van der Waals surface area contributed by atoms with Crippen LogP contribution >= 0.6 is 11.3 Å². The molecule has 0 aliphatic carbocycles. The molecule has 0 aromatic carbocycles. The molecule has 0 fully saturated rings. The van der Waals surface area contributed by atoms with E-state index in [0.717, 1.165) is 4.88 Å². The third-order valence-electron chi connectivity index (χ3n) is 2.24. The van der Waals surface area contributed by atoms with Crippen molar-refractivity contribution in [2.24, 2.45) is 0 Å². The summed E-state index contributed by atoms with van der Waals surface area (Å²) in [6.45, 7) is 5.63. The van der Waals surface area contributed by atoms with Gasteiger partial charge in [0.15, 0.2) is 0 Å². The van der Waals surface area contributed by atoms with Crippen LogP contribution in [0.4, 0.5) is 0 Å². The van der Waals surface area contributed by atoms with Crippen LogP contribution in [0.2, 0.25) is 0 Å². The Balaban J connectivity index is 2.41. The molecule has 0 saturated heterocycles. The van der Waals surface area contributed by atoms with Gasteiger partial charge in [-0.2, -0.15) is 0 Å². The van der Waals surface area contributed by atoms with Crippen molar-refractivity contribution in [2.45, 2.75) is 39.3 Å². The fourth-order valence-electron chi connectivity index (χ4n) is 1.56. The second-order valence-electron chi connectivity index (χ2n) is 4.28. The quantitative estimate of drug-likeness (QED) is 0.791. The van der Waals surface area contributed by atoms with Crippen LogP contribution < -0.4 is 5.32 Å². The summed E-state index contributed by atoms with van der Waals surface area (Å²) >= 11 is 1.65. The van der Waals surface area contributed by atoms with Gasteiger partial charge in [-0.15, -0.1) is 11.3 Å². The molecule has 0 radical (unpaired) electrons. The van der Waals surface area contributed by atoms with E-state index < -0.39 is 6.10 Å². The van der Waals surface area contributed by atoms with Crippen LogP contribution in [0.5, 0.6) is 0 Å². The fourth-order valence-corrected chi connectivity index (χ4v) is 2.34. The summed E-state index contributed by atoms with van der Waals surface area (Å²) in [4.78, 5) is 13.8. The van der Waals surface area contributed by atoms with Gasteiger partial charge in [-0.05, 0) is 45.4 Å². The lowest BCUT2D eigenvalue weighted by Gasteiger charge is -2.13. The Bertz CT molecular complexity index is 396. The van der Waals surface area contributed by atoms with Crippen molar-refractivity contribution < 1.29 is 9.90 Å². The number of carbonyl (C=O) groups excluding carboxylic acids is 1. The van der Waals surface area contributed by atoms with Gasteiger partial charge in [-0.25, -0.2) is 0 Å². The number of hydrogen-bond donors (Lipinski definition) is 2. The van der Waals surface area contributed by atoms with E-state index in [2.05, 4.69) is 5.32 Å². The van der Waals surface area contributed by atoms with Crippen molar-refractivity contribution in [3.8, 4) is 0 Å². The van der Waals surface area contributed by atoms with Gasteiger partial charge in [-0.1, -0.05) is 0 Å². The molecule has 0 bridgehead atoms. The van der Waals surface area contributed by atoms with Crippen molar-refractivity contribution in [1.29, 1.82) is 0 Å². The Kier molecular flexibility index (Phi) is 5.38. The van der Waals surface area contributed by atoms with Crippen LogP contribution in [-0.2, 0) is 4.79 Å². The molecule has 4 heteroatoms. The molecule has 17 heavy (non-hydrogen) atoms. The first-order valence-corrected chi connectivity index (χ1v) is 6.52. The van der Waals surface area contributed by atoms with Crippen LogP contribution in [0, 0.1) is 6.92 Å². The number of thiophene rings is 1. The maximum absolute atomic E-state index is 11.5. The number of rotatable bonds is 5. The van der Waals surface area contributed by atoms with Gasteiger partial charge in [0.05, 0.1) is 6.10 Å². The lowest BCUT2D eigenvalue weighted by Crippen LogP contribution is -2.33. The number of nitrogens with one attached hydrogen (secondary N) is 1. The molecule has 0 aliphatic rings. The Morgan fingerprint density at radius 3 is 2.76 bits per heavy atom. The molecular weight excluding hydrogens is 234 g/mol. The van der Waals surface area contributed by atoms with Gasteiger partial charge in [0.2, 0.25) is 5.91 Å². The molecule has 94 valence electrons. The third-order valence-corrected chi connectivity index (χ3v) is 3.21. The molecule has 1 aromatic rings. The van der Waals surface area contributed by atoms with Gasteiger partial charge in [-0.3, -0.25) is 4.79 Å². The smallest absolute Gasteiger partial charge is 0.244 e. The summed E-state index contributed by atoms with van der Waals surface area (Å²) in [7, 11) is 0. The van der Waals surface area contributed by atoms with Gasteiger partial charge in [0.1, 0.15) is 0 Å². The van der Waals surface area contributed by atoms with E-state index in [4.69, 9.17) is 0 Å². The van der Waals surface area contributed by atoms with Gasteiger partial charge < -0.3 is 10.4 Å². The van der Waals surface area contributed by atoms with Crippen LogP contribution in [0.3, 0.4) is 0 Å². The first kappa shape index (κ1) is 13.9. The van der Waals surface area contributed by atoms with Crippen molar-refractivity contribution in [2.75, 3.05) is 0 Å². The van der Waals surface area contributed by atoms with Crippen molar-refractivity contribution in [3.63, 3.8) is 0 Å². The van der Waals surface area contributed by atoms with Crippen LogP contribution in [0.1, 0.15) is 30.0 Å². The number of hydrogen-bond acceptors (Lipinski definition) is 3. The minimum atomic E-state index is -0.394. The topological polar surface area (TPSA) is 49.3 Å². The van der Waals surface area contributed by atoms with E-state index in [1.54, 1.807) is 18.3 Å². The average Bonchev–Trinajstić information content (AvgIpc) is 2.59. The highest BCUT2D eigenvalue weighted by Gasteiger charge is 2.07. The summed E-state index contributed by atoms with van der Waals surface area (Å²) in [5.74, 6) is -0.121. The summed E-state index contributed by atoms with van der Waals surface area (Å²) in [6.07, 6.45) is 3.51. The van der Waals surface area contributed by atoms with Crippen molar-refractivity contribution in [3.05, 3.63) is 28.0 Å². The Hall–Kier alpha value is -1.13. The average molecular weight is 253 g/mol. The molecule has 1 aromatic heterocycles. The van der Waals surface area contributed by atoms with Crippen molar-refractivity contribution >= 4 is 23.3 Å². The number of carbonyl (C=O) groups is 1. The van der Waals surface area contributed by atoms with E-state index in [1.165, 1.54) is 11.0 Å². The molecule has 0 saturated carbocycles. The maximum atomic E-state index is 11.5. The minimum absolute atomic E-state index is 0.0165. The molecule has 1 heterocycles. The monoisotopic (exact) mass is 253 g/mol. The summed E-state index contributed by atoms with van der Waals surface area (Å²) in [5.41, 5.74) is 0. The number of amides is 1. The molecule has 0 spiro atoms. The molecule has 2 unspecified atom stereocenters. The summed E-state index contributed by atoms with van der Waals surface area (Å²) in [6, 6.07) is 4.00. The Morgan fingerprint density at radius 1 is 1.53 bits per heavy atom. The van der Waals surface area contributed by atoms with E-state index in [-0.39, 0.29) is 11.9 Å². The molecule has 1 rings (SSSR count). The maximum Gasteiger partial charge on any atom is 0.244 e. The molecule has 3 nitrogen and oxygen atoms in total. The van der Waals surface area contributed by atoms with E-state index in [0.29, 0.717) is 6.42 Å². The number of aryl methyl sites for hydroxylation is 1. The van der Waals surface area contributed by atoms with Crippen molar-refractivity contribution in [1.82, 2.24) is 5.32 Å². The molecule has 0 aliphatic heterocycles. The first-order valence-electron chi connectivity index (χ1n) is 5.70. The normalized spacial score (nSPS) is 14.8. The van der Waals surface area contributed by atoms with Crippen LogP contribution in [-0.4, -0.2) is 23.2 Å². The lowest BCUT2D eigenvalue weighted by molar-refractivity contribution is -0.117. The Morgan fingerprint density at radius 2 is 2.24 bits per heavy atom. The van der Waals surface area contributed by atoms with E-state index in [9.17, 15) is 9.90 Å². The van der Waals surface area contributed by atoms with Gasteiger partial charge in [0.25, 0.3) is 0 Å². The predicted octanol–water partition coefficient (Wildman–Crippen LogP) is 2.35. The Labute approximate surface area is 106 Å². The van der Waals surface area contributed by atoms with Gasteiger partial charge >= 0.3 is 0 Å². The number of aliphatic hydroxyl groups excluding tert-OH is 1. The fraction of sp³-hybridized carbons (Fsp3) is 0.462. The summed E-state index contributed by atoms with van der Waals surface area (Å²) < 4.78 is 0. The molecule has 2 atom stereocenters.